The van der Waals surface area contributed by atoms with Gasteiger partial charge in [0, 0.05) is 19.1 Å². The fourth-order valence-corrected chi connectivity index (χ4v) is 4.03. The Labute approximate surface area is 166 Å². The van der Waals surface area contributed by atoms with Crippen molar-refractivity contribution in [2.24, 2.45) is 28.1 Å². The summed E-state index contributed by atoms with van der Waals surface area (Å²) in [6.07, 6.45) is 2.61. The number of rotatable bonds is 6. The lowest BCUT2D eigenvalue weighted by Crippen LogP contribution is -2.41. The van der Waals surface area contributed by atoms with Crippen LogP contribution in [0, 0.1) is 11.7 Å². The first-order valence-corrected chi connectivity index (χ1v) is 9.89. The lowest BCUT2D eigenvalue weighted by Gasteiger charge is -2.21. The van der Waals surface area contributed by atoms with Gasteiger partial charge in [-0.3, -0.25) is 18.9 Å². The third kappa shape index (κ3) is 3.59. The molecule has 1 saturated carbocycles. The van der Waals surface area contributed by atoms with Gasteiger partial charge in [0.2, 0.25) is 0 Å². The highest BCUT2D eigenvalue weighted by Crippen LogP contribution is 2.37. The first kappa shape index (κ1) is 19.4. The molecule has 0 amide bonds. The van der Waals surface area contributed by atoms with Crippen LogP contribution in [0.25, 0.3) is 10.9 Å². The van der Waals surface area contributed by atoms with Crippen LogP contribution in [0.3, 0.4) is 0 Å². The zero-order valence-corrected chi connectivity index (χ0v) is 16.2. The summed E-state index contributed by atoms with van der Waals surface area (Å²) in [6.45, 7) is 2.06. The van der Waals surface area contributed by atoms with Gasteiger partial charge in [0.25, 0.3) is 5.56 Å². The van der Waals surface area contributed by atoms with Crippen LogP contribution in [-0.4, -0.2) is 41.3 Å². The fraction of sp³-hybridized carbons (Fsp3) is 0.526. The molecular weight excluding hydrogens is 377 g/mol. The molecule has 2 fully saturated rings. The molecule has 1 aromatic carbocycles. The number of guanidine groups is 1. The molecule has 10 heteroatoms. The van der Waals surface area contributed by atoms with Crippen LogP contribution < -0.4 is 33.3 Å². The third-order valence-electron chi connectivity index (χ3n) is 5.73. The van der Waals surface area contributed by atoms with E-state index in [1.807, 2.05) is 4.90 Å². The largest absolute Gasteiger partial charge is 0.370 e. The highest BCUT2D eigenvalue weighted by atomic mass is 19.1. The number of aromatic nitrogens is 2. The predicted octanol–water partition coefficient (Wildman–Crippen LogP) is -0.304. The van der Waals surface area contributed by atoms with Gasteiger partial charge in [-0.2, -0.15) is 0 Å². The van der Waals surface area contributed by atoms with Gasteiger partial charge in [-0.1, -0.05) is 0 Å². The number of anilines is 1. The van der Waals surface area contributed by atoms with Crippen molar-refractivity contribution in [3.8, 4) is 0 Å². The maximum absolute atomic E-state index is 15.0. The second kappa shape index (κ2) is 7.51. The maximum Gasteiger partial charge on any atom is 0.331 e. The van der Waals surface area contributed by atoms with Crippen molar-refractivity contribution in [2.75, 3.05) is 31.1 Å². The molecule has 0 bridgehead atoms. The maximum atomic E-state index is 15.0. The van der Waals surface area contributed by atoms with Crippen LogP contribution in [0.2, 0.25) is 0 Å². The molecule has 156 valence electrons. The topological polar surface area (TPSA) is 138 Å². The van der Waals surface area contributed by atoms with Gasteiger partial charge in [0.05, 0.1) is 29.7 Å². The number of aliphatic imine (C=N–C) groups is 1. The van der Waals surface area contributed by atoms with Crippen LogP contribution in [-0.2, 0) is 6.54 Å². The Morgan fingerprint density at radius 1 is 1.21 bits per heavy atom. The summed E-state index contributed by atoms with van der Waals surface area (Å²) in [5.74, 6) is -0.262. The molecular formula is C19H26FN7O2. The number of hydrogen-bond donors (Lipinski definition) is 3. The van der Waals surface area contributed by atoms with Gasteiger partial charge in [-0.25, -0.2) is 9.18 Å². The Hall–Kier alpha value is -2.88. The van der Waals surface area contributed by atoms with Gasteiger partial charge in [0.15, 0.2) is 5.96 Å². The summed E-state index contributed by atoms with van der Waals surface area (Å²) in [4.78, 5) is 31.8. The van der Waals surface area contributed by atoms with Crippen molar-refractivity contribution >= 4 is 22.5 Å². The van der Waals surface area contributed by atoms with E-state index in [1.165, 1.54) is 6.07 Å². The van der Waals surface area contributed by atoms with Crippen LogP contribution >= 0.6 is 0 Å². The summed E-state index contributed by atoms with van der Waals surface area (Å²) in [5.41, 5.74) is 16.4. The van der Waals surface area contributed by atoms with Gasteiger partial charge >= 0.3 is 5.69 Å². The number of nitrogens with two attached hydrogens (primary N) is 3. The first-order chi connectivity index (χ1) is 13.9. The number of fused-ring (bicyclic) bond motifs is 1. The van der Waals surface area contributed by atoms with Gasteiger partial charge in [-0.15, -0.1) is 0 Å². The highest BCUT2D eigenvalue weighted by Gasteiger charge is 2.30. The first-order valence-electron chi connectivity index (χ1n) is 9.89. The highest BCUT2D eigenvalue weighted by molar-refractivity contribution is 5.83. The van der Waals surface area contributed by atoms with Gasteiger partial charge in [-0.05, 0) is 43.9 Å². The van der Waals surface area contributed by atoms with Crippen molar-refractivity contribution in [3.05, 3.63) is 38.8 Å². The van der Waals surface area contributed by atoms with Gasteiger partial charge in [0.1, 0.15) is 5.82 Å². The zero-order valence-electron chi connectivity index (χ0n) is 16.2. The third-order valence-corrected chi connectivity index (χ3v) is 5.73. The van der Waals surface area contributed by atoms with Crippen molar-refractivity contribution in [1.29, 1.82) is 0 Å². The second-order valence-electron chi connectivity index (χ2n) is 7.80. The van der Waals surface area contributed by atoms with Crippen LogP contribution in [0.4, 0.5) is 10.1 Å². The molecule has 2 heterocycles. The number of benzene rings is 1. The van der Waals surface area contributed by atoms with Crippen LogP contribution in [0.5, 0.6) is 0 Å². The van der Waals surface area contributed by atoms with E-state index in [4.69, 9.17) is 17.2 Å². The molecule has 6 N–H and O–H groups in total. The van der Waals surface area contributed by atoms with Crippen molar-refractivity contribution < 1.29 is 4.39 Å². The lowest BCUT2D eigenvalue weighted by atomic mass is 10.1. The number of nitrogens with zero attached hydrogens (tertiary/aromatic N) is 4. The number of hydrogen-bond acceptors (Lipinski definition) is 5. The average Bonchev–Trinajstić information content (AvgIpc) is 3.40. The molecule has 29 heavy (non-hydrogen) atoms. The van der Waals surface area contributed by atoms with E-state index >= 15 is 0 Å². The van der Waals surface area contributed by atoms with Crippen LogP contribution in [0.1, 0.15) is 25.3 Å². The molecule has 1 atom stereocenters. The SMILES string of the molecule is NC[C@@H]1CCN(c2cc3c(cc2F)c(=O)n(CCN=C(N)N)c(=O)n3C2CC2)C1. The molecule has 1 aliphatic carbocycles. The van der Waals surface area contributed by atoms with E-state index < -0.39 is 17.1 Å². The minimum Gasteiger partial charge on any atom is -0.370 e. The molecule has 0 unspecified atom stereocenters. The van der Waals surface area contributed by atoms with E-state index in [0.717, 1.165) is 23.8 Å². The molecule has 9 nitrogen and oxygen atoms in total. The summed E-state index contributed by atoms with van der Waals surface area (Å²) in [5, 5.41) is 0.192. The zero-order chi connectivity index (χ0) is 20.7. The Morgan fingerprint density at radius 2 is 1.97 bits per heavy atom. The van der Waals surface area contributed by atoms with Crippen molar-refractivity contribution in [3.63, 3.8) is 0 Å². The Kier molecular flexibility index (Phi) is 5.03. The molecule has 4 rings (SSSR count). The fourth-order valence-electron chi connectivity index (χ4n) is 4.03. The molecule has 0 radical (unpaired) electrons. The quantitative estimate of drug-likeness (QED) is 0.447. The van der Waals surface area contributed by atoms with E-state index in [1.54, 1.807) is 10.6 Å². The lowest BCUT2D eigenvalue weighted by molar-refractivity contribution is 0.580. The molecule has 1 aliphatic heterocycles. The van der Waals surface area contributed by atoms with E-state index in [0.29, 0.717) is 36.8 Å². The standard InChI is InChI=1S/C19H26FN7O2/c20-14-7-13-15(8-16(14)25-5-3-11(9-21)10-25)27(12-1-2-12)19(29)26(17(13)28)6-4-24-18(22)23/h7-8,11-12H,1-6,9-10,21H2,(H4,22,23,24)/t11-/m0/s1. The summed E-state index contributed by atoms with van der Waals surface area (Å²) in [6, 6.07) is 2.91. The summed E-state index contributed by atoms with van der Waals surface area (Å²) >= 11 is 0. The molecule has 1 aromatic heterocycles. The Balaban J connectivity index is 1.84. The predicted molar refractivity (Wildman–Crippen MR) is 111 cm³/mol. The Morgan fingerprint density at radius 3 is 2.59 bits per heavy atom. The number of halogens is 1. The smallest absolute Gasteiger partial charge is 0.331 e. The summed E-state index contributed by atoms with van der Waals surface area (Å²) in [7, 11) is 0. The minimum absolute atomic E-state index is 0.0219. The normalized spacial score (nSPS) is 19.1. The monoisotopic (exact) mass is 403 g/mol. The minimum atomic E-state index is -0.528. The van der Waals surface area contributed by atoms with E-state index in [-0.39, 0.29) is 30.5 Å². The van der Waals surface area contributed by atoms with E-state index in [9.17, 15) is 14.0 Å². The van der Waals surface area contributed by atoms with Crippen molar-refractivity contribution in [2.45, 2.75) is 31.8 Å². The van der Waals surface area contributed by atoms with Crippen molar-refractivity contribution in [1.82, 2.24) is 9.13 Å². The Bertz CT molecular complexity index is 1080. The summed E-state index contributed by atoms with van der Waals surface area (Å²) < 4.78 is 17.7. The molecule has 2 aromatic rings. The molecule has 0 spiro atoms. The molecule has 2 aliphatic rings. The van der Waals surface area contributed by atoms with Crippen LogP contribution in [0.15, 0.2) is 26.7 Å². The van der Waals surface area contributed by atoms with Gasteiger partial charge < -0.3 is 22.1 Å². The second-order valence-corrected chi connectivity index (χ2v) is 7.80. The average molecular weight is 403 g/mol. The van der Waals surface area contributed by atoms with E-state index in [2.05, 4.69) is 4.99 Å². The molecule has 1 saturated heterocycles.